The van der Waals surface area contributed by atoms with E-state index in [2.05, 4.69) is 32.9 Å². The highest BCUT2D eigenvalue weighted by molar-refractivity contribution is 6.66. The number of anilines is 3. The van der Waals surface area contributed by atoms with Crippen molar-refractivity contribution in [2.24, 2.45) is 0 Å². The average Bonchev–Trinajstić information content (AvgIpc) is 1.66. The Morgan fingerprint density at radius 2 is 1.00 bits per heavy atom. The van der Waals surface area contributed by atoms with Gasteiger partial charge in [0.2, 0.25) is 17.1 Å². The first kappa shape index (κ1) is 66.9. The smallest absolute Gasteiger partial charge is 0.418 e. The number of benzene rings is 4. The molecule has 0 radical (unpaired) electrons. The van der Waals surface area contributed by atoms with Crippen LogP contribution >= 0.6 is 11.6 Å². The lowest BCUT2D eigenvalue weighted by molar-refractivity contribution is -0.139. The van der Waals surface area contributed by atoms with E-state index in [1.807, 2.05) is 46.2 Å². The number of halogens is 7. The van der Waals surface area contributed by atoms with Crippen molar-refractivity contribution < 1.29 is 59.7 Å². The predicted octanol–water partition coefficient (Wildman–Crippen LogP) is 11.5. The van der Waals surface area contributed by atoms with E-state index in [-0.39, 0.29) is 48.2 Å². The second-order valence-electron chi connectivity index (χ2n) is 20.5. The number of hydrogen-bond donors (Lipinski definition) is 1. The summed E-state index contributed by atoms with van der Waals surface area (Å²) in [4.78, 5) is 61.3. The van der Waals surface area contributed by atoms with Gasteiger partial charge in [0.05, 0.1) is 36.7 Å². The van der Waals surface area contributed by atoms with E-state index in [1.54, 1.807) is 76.6 Å². The van der Waals surface area contributed by atoms with Gasteiger partial charge in [0.15, 0.2) is 5.78 Å². The number of ether oxygens (including phenoxy) is 3. The summed E-state index contributed by atoms with van der Waals surface area (Å²) in [6.45, 7) is 17.1. The molecule has 9 rings (SSSR count). The van der Waals surface area contributed by atoms with Gasteiger partial charge < -0.3 is 39.5 Å². The van der Waals surface area contributed by atoms with Crippen LogP contribution in [0.3, 0.4) is 0 Å². The lowest BCUT2D eigenvalue weighted by Crippen LogP contribution is -2.48. The summed E-state index contributed by atoms with van der Waals surface area (Å²) in [5.41, 5.74) is 11.2. The monoisotopic (exact) mass is 1210 g/mol. The largest absolute Gasteiger partial charge is 0.496 e. The zero-order valence-electron chi connectivity index (χ0n) is 48.7. The Kier molecular flexibility index (Phi) is 24.7. The van der Waals surface area contributed by atoms with Crippen molar-refractivity contribution in [3.8, 4) is 11.5 Å². The number of hydrogen-bond acceptors (Lipinski definition) is 12. The van der Waals surface area contributed by atoms with Crippen LogP contribution in [0, 0.1) is 0 Å². The van der Waals surface area contributed by atoms with Crippen molar-refractivity contribution >= 4 is 51.5 Å². The maximum atomic E-state index is 13.9. The van der Waals surface area contributed by atoms with Crippen molar-refractivity contribution in [3.63, 3.8) is 0 Å². The quantitative estimate of drug-likeness (QED) is 0.0423. The van der Waals surface area contributed by atoms with Crippen LogP contribution in [0.1, 0.15) is 88.4 Å². The molecule has 0 saturated carbocycles. The third kappa shape index (κ3) is 20.2. The number of nitrogens with two attached hydrogens (primary N) is 1. The number of alkyl halides is 6. The maximum Gasteiger partial charge on any atom is 0.418 e. The molecule has 3 aliphatic heterocycles. The number of ketones is 1. The molecule has 458 valence electrons. The van der Waals surface area contributed by atoms with Gasteiger partial charge in [0.1, 0.15) is 11.5 Å². The van der Waals surface area contributed by atoms with Crippen LogP contribution in [0.4, 0.5) is 43.4 Å². The molecule has 3 aliphatic rings. The average molecular weight is 1210 g/mol. The Hall–Kier alpha value is -8.23. The van der Waals surface area contributed by atoms with Crippen molar-refractivity contribution in [3.05, 3.63) is 196 Å². The Bertz CT molecular complexity index is 3300. The Morgan fingerprint density at radius 1 is 0.581 bits per heavy atom. The molecule has 5 heterocycles. The van der Waals surface area contributed by atoms with Gasteiger partial charge in [-0.15, -0.1) is 0 Å². The van der Waals surface area contributed by atoms with Gasteiger partial charge in [-0.05, 0) is 102 Å². The summed E-state index contributed by atoms with van der Waals surface area (Å²) in [6, 6.07) is 30.4. The molecule has 2 aromatic heterocycles. The molecule has 0 unspecified atom stereocenters. The van der Waals surface area contributed by atoms with Crippen molar-refractivity contribution in [1.82, 2.24) is 19.8 Å². The SMILES string of the molecule is C1CCOC1.C=CC(=O)Cc1cccc(Cc2nc(Cc3ccc(N4CCN(C(C)=O)CC4)cc3OC)ccc2C(F)(F)F)c1.C=CC(=O)Cl.COc1cc(N2CCN(C(C)=O)CC2)ccc1Cc1ccc(C(F)(F)F)c(Cc2cccc(N)c2)n1. The van der Waals surface area contributed by atoms with E-state index in [4.69, 9.17) is 31.5 Å². The fraction of sp³-hybridized carbons (Fsp3) is 0.354. The number of methoxy groups -OCH3 is 2. The molecule has 86 heavy (non-hydrogen) atoms. The topological polar surface area (TPSA) is 161 Å². The molecule has 3 saturated heterocycles. The molecular formula is C65H72ClF6N7O7. The lowest BCUT2D eigenvalue weighted by atomic mass is 9.99. The third-order valence-electron chi connectivity index (χ3n) is 14.4. The van der Waals surface area contributed by atoms with Gasteiger partial charge in [-0.3, -0.25) is 29.1 Å². The summed E-state index contributed by atoms with van der Waals surface area (Å²) >= 11 is 4.71. The number of allylic oxidation sites excluding steroid dienone is 2. The molecule has 2 N–H and O–H groups in total. The molecule has 0 atom stereocenters. The zero-order chi connectivity index (χ0) is 62.6. The molecule has 0 spiro atoms. The number of carbonyl (C=O) groups excluding carboxylic acids is 4. The first-order valence-electron chi connectivity index (χ1n) is 27.9. The highest BCUT2D eigenvalue weighted by Crippen LogP contribution is 2.36. The van der Waals surface area contributed by atoms with Gasteiger partial charge >= 0.3 is 12.4 Å². The minimum absolute atomic E-state index is 0.0238. The van der Waals surface area contributed by atoms with E-state index < -0.39 is 28.7 Å². The van der Waals surface area contributed by atoms with Crippen LogP contribution in [0.2, 0.25) is 0 Å². The second kappa shape index (κ2) is 31.8. The fourth-order valence-corrected chi connectivity index (χ4v) is 9.90. The summed E-state index contributed by atoms with van der Waals surface area (Å²) in [5.74, 6) is 1.23. The highest BCUT2D eigenvalue weighted by atomic mass is 35.5. The Balaban J connectivity index is 0.000000237. The summed E-state index contributed by atoms with van der Waals surface area (Å²) < 4.78 is 98.9. The first-order chi connectivity index (χ1) is 41.0. The molecule has 4 aromatic carbocycles. The number of nitrogens with zero attached hydrogens (tertiary/aromatic N) is 6. The van der Waals surface area contributed by atoms with Crippen LogP contribution in [0.5, 0.6) is 11.5 Å². The van der Waals surface area contributed by atoms with Gasteiger partial charge in [0, 0.05) is 163 Å². The van der Waals surface area contributed by atoms with Crippen LogP contribution < -0.4 is 25.0 Å². The van der Waals surface area contributed by atoms with Crippen molar-refractivity contribution in [2.45, 2.75) is 71.1 Å². The van der Waals surface area contributed by atoms with E-state index in [0.717, 1.165) is 67.0 Å². The van der Waals surface area contributed by atoms with E-state index >= 15 is 0 Å². The molecule has 21 heteroatoms. The minimum Gasteiger partial charge on any atom is -0.496 e. The van der Waals surface area contributed by atoms with Gasteiger partial charge in [-0.1, -0.05) is 61.7 Å². The number of piperazine rings is 2. The third-order valence-corrected chi connectivity index (χ3v) is 14.6. The number of carbonyl (C=O) groups is 4. The van der Waals surface area contributed by atoms with Crippen LogP contribution in [-0.4, -0.2) is 122 Å². The second-order valence-corrected chi connectivity index (χ2v) is 20.9. The molecule has 14 nitrogen and oxygen atoms in total. The number of aromatic nitrogens is 2. The van der Waals surface area contributed by atoms with Gasteiger partial charge in [-0.2, -0.15) is 26.3 Å². The Labute approximate surface area is 503 Å². The predicted molar refractivity (Wildman–Crippen MR) is 322 cm³/mol. The highest BCUT2D eigenvalue weighted by Gasteiger charge is 2.36. The van der Waals surface area contributed by atoms with Gasteiger partial charge in [0.25, 0.3) is 0 Å². The van der Waals surface area contributed by atoms with E-state index in [9.17, 15) is 45.5 Å². The summed E-state index contributed by atoms with van der Waals surface area (Å²) in [7, 11) is 3.13. The normalized spacial score (nSPS) is 14.1. The lowest BCUT2D eigenvalue weighted by Gasteiger charge is -2.35. The number of amides is 2. The molecule has 2 amide bonds. The van der Waals surface area contributed by atoms with Crippen molar-refractivity contribution in [1.29, 1.82) is 0 Å². The number of nitrogen functional groups attached to an aromatic ring is 1. The van der Waals surface area contributed by atoms with E-state index in [1.165, 1.54) is 31.1 Å². The fourth-order valence-electron chi connectivity index (χ4n) is 9.90. The van der Waals surface area contributed by atoms with Crippen LogP contribution in [-0.2, 0) is 68.4 Å². The molecular weight excluding hydrogens is 1140 g/mol. The maximum absolute atomic E-state index is 13.9. The standard InChI is InChI=1S/C31H32F3N3O3.C27H29F3N4O2.C4H8O.C3H3ClO/c1-4-27(39)17-22-6-5-7-23(16-22)18-29-28(31(32,33)34)11-9-25(35-29)19-24-8-10-26(20-30(24)40-3)37-14-12-36(13-15-37)21(2)38;1-18(35)33-10-12-34(13-11-33)23-8-6-20(26(17-23)36-2)16-22-7-9-24(27(28,29)30)25(32-22)15-19-4-3-5-21(31)14-19;1-2-4-5-3-1;1-2-3(4)5/h4-11,16,20H,1,12-15,17-19H2,2-3H3;3-9,14,17H,10-13,15-16,31H2,1-2H3;1-4H2;2H,1H2. The van der Waals surface area contributed by atoms with E-state index in [0.29, 0.717) is 97.4 Å². The molecule has 6 aromatic rings. The van der Waals surface area contributed by atoms with Crippen LogP contribution in [0.15, 0.2) is 135 Å². The molecule has 0 aliphatic carbocycles. The number of pyridine rings is 2. The number of rotatable bonds is 16. The van der Waals surface area contributed by atoms with Crippen molar-refractivity contribution in [2.75, 3.05) is 95.3 Å². The first-order valence-corrected chi connectivity index (χ1v) is 28.3. The molecule has 3 fully saturated rings. The minimum atomic E-state index is -4.55. The van der Waals surface area contributed by atoms with Gasteiger partial charge in [-0.25, -0.2) is 0 Å². The Morgan fingerprint density at radius 3 is 1.36 bits per heavy atom. The zero-order valence-corrected chi connectivity index (χ0v) is 49.5. The summed E-state index contributed by atoms with van der Waals surface area (Å²) in [5, 5.41) is -0.509. The van der Waals surface area contributed by atoms with Crippen LogP contribution in [0.25, 0.3) is 0 Å². The molecule has 0 bridgehead atoms. The summed E-state index contributed by atoms with van der Waals surface area (Å²) in [6.07, 6.45) is -3.48.